The number of aryl methyl sites for hydroxylation is 3. The predicted molar refractivity (Wildman–Crippen MR) is 103 cm³/mol. The predicted octanol–water partition coefficient (Wildman–Crippen LogP) is 2.78. The number of hydrogen-bond donors (Lipinski definition) is 3. The molecule has 1 heterocycles. The normalized spacial score (nSPS) is 10.6. The van der Waals surface area contributed by atoms with Crippen molar-refractivity contribution in [2.24, 2.45) is 0 Å². The number of nitrogens with one attached hydrogen (secondary N) is 3. The molecule has 0 bridgehead atoms. The second kappa shape index (κ2) is 9.38. The number of furan rings is 1. The van der Waals surface area contributed by atoms with Crippen molar-refractivity contribution in [1.82, 2.24) is 10.9 Å². The van der Waals surface area contributed by atoms with Crippen molar-refractivity contribution in [3.8, 4) is 0 Å². The molecule has 1 aromatic heterocycles. The fraction of sp³-hybridized carbons (Fsp3) is 0.250. The van der Waals surface area contributed by atoms with Gasteiger partial charge in [0.2, 0.25) is 11.8 Å². The number of hydrogen-bond acceptors (Lipinski definition) is 4. The summed E-state index contributed by atoms with van der Waals surface area (Å²) in [6.07, 6.45) is 2.70. The molecule has 0 aliphatic heterocycles. The molecule has 3 N–H and O–H groups in total. The van der Waals surface area contributed by atoms with Gasteiger partial charge >= 0.3 is 0 Å². The topological polar surface area (TPSA) is 100 Å². The Kier molecular flexibility index (Phi) is 6.93. The van der Waals surface area contributed by atoms with Gasteiger partial charge in [-0.15, -0.1) is 0 Å². The Morgan fingerprint density at radius 1 is 0.963 bits per heavy atom. The maximum absolute atomic E-state index is 12.0. The van der Waals surface area contributed by atoms with Gasteiger partial charge in [-0.05, 0) is 56.2 Å². The van der Waals surface area contributed by atoms with Crippen LogP contribution in [-0.4, -0.2) is 17.7 Å². The molecule has 0 fully saturated rings. The zero-order valence-electron chi connectivity index (χ0n) is 15.6. The summed E-state index contributed by atoms with van der Waals surface area (Å²) < 4.78 is 5.29. The van der Waals surface area contributed by atoms with Gasteiger partial charge in [-0.3, -0.25) is 25.2 Å². The summed E-state index contributed by atoms with van der Waals surface area (Å²) in [6.45, 7) is 5.63. The average Bonchev–Trinajstić information content (AvgIpc) is 3.05. The summed E-state index contributed by atoms with van der Waals surface area (Å²) in [5.74, 6) is 0.0526. The molecular weight excluding hydrogens is 346 g/mol. The first kappa shape index (κ1) is 20.0. The third-order valence-corrected chi connectivity index (χ3v) is 3.73. The van der Waals surface area contributed by atoms with Crippen molar-refractivity contribution in [2.75, 3.05) is 5.32 Å². The monoisotopic (exact) mass is 369 g/mol. The van der Waals surface area contributed by atoms with E-state index in [-0.39, 0.29) is 18.7 Å². The van der Waals surface area contributed by atoms with Gasteiger partial charge in [-0.2, -0.15) is 0 Å². The SMILES string of the molecule is Cc1ccc(C)c(NC(=O)CCC(=O)NNC(=O)/C=C/c2ccc(C)o2)c1. The third-order valence-electron chi connectivity index (χ3n) is 3.73. The summed E-state index contributed by atoms with van der Waals surface area (Å²) in [5, 5.41) is 2.78. The quantitative estimate of drug-likeness (QED) is 0.538. The zero-order valence-corrected chi connectivity index (χ0v) is 15.6. The summed E-state index contributed by atoms with van der Waals surface area (Å²) in [4.78, 5) is 35.4. The zero-order chi connectivity index (χ0) is 19.8. The Hall–Kier alpha value is -3.35. The molecule has 27 heavy (non-hydrogen) atoms. The number of anilines is 1. The van der Waals surface area contributed by atoms with Gasteiger partial charge in [0.1, 0.15) is 11.5 Å². The molecule has 0 aliphatic rings. The van der Waals surface area contributed by atoms with Gasteiger partial charge in [0, 0.05) is 24.6 Å². The lowest BCUT2D eigenvalue weighted by atomic mass is 10.1. The molecule has 0 saturated heterocycles. The van der Waals surface area contributed by atoms with E-state index in [9.17, 15) is 14.4 Å². The van der Waals surface area contributed by atoms with Crippen LogP contribution in [0.5, 0.6) is 0 Å². The minimum Gasteiger partial charge on any atom is -0.462 e. The van der Waals surface area contributed by atoms with Crippen molar-refractivity contribution in [2.45, 2.75) is 33.6 Å². The van der Waals surface area contributed by atoms with Gasteiger partial charge in [-0.1, -0.05) is 12.1 Å². The molecule has 0 saturated carbocycles. The molecular formula is C20H23N3O4. The lowest BCUT2D eigenvalue weighted by molar-refractivity contribution is -0.128. The molecule has 3 amide bonds. The van der Waals surface area contributed by atoms with Gasteiger partial charge in [-0.25, -0.2) is 0 Å². The largest absolute Gasteiger partial charge is 0.462 e. The van der Waals surface area contributed by atoms with Crippen molar-refractivity contribution in [1.29, 1.82) is 0 Å². The highest BCUT2D eigenvalue weighted by Crippen LogP contribution is 2.16. The standard InChI is InChI=1S/C20H23N3O4/c1-13-4-5-14(2)17(12-13)21-18(24)10-11-20(26)23-22-19(25)9-8-16-7-6-15(3)27-16/h4-9,12H,10-11H2,1-3H3,(H,21,24)(H,22,25)(H,23,26)/b9-8+. The minimum atomic E-state index is -0.503. The molecule has 2 aromatic rings. The molecule has 142 valence electrons. The molecule has 0 spiro atoms. The Balaban J connectivity index is 1.70. The number of carbonyl (C=O) groups is 3. The second-order valence-corrected chi connectivity index (χ2v) is 6.19. The number of hydrazine groups is 1. The Morgan fingerprint density at radius 3 is 2.41 bits per heavy atom. The third kappa shape index (κ3) is 6.81. The molecule has 0 unspecified atom stereocenters. The maximum atomic E-state index is 12.0. The fourth-order valence-corrected chi connectivity index (χ4v) is 2.25. The number of rotatable bonds is 6. The van der Waals surface area contributed by atoms with Crippen molar-refractivity contribution < 1.29 is 18.8 Å². The van der Waals surface area contributed by atoms with E-state index >= 15 is 0 Å². The van der Waals surface area contributed by atoms with Crippen LogP contribution in [0.3, 0.4) is 0 Å². The first-order valence-electron chi connectivity index (χ1n) is 8.54. The van der Waals surface area contributed by atoms with Crippen molar-refractivity contribution in [3.05, 3.63) is 59.1 Å². The molecule has 7 nitrogen and oxygen atoms in total. The number of carbonyl (C=O) groups excluding carboxylic acids is 3. The van der Waals surface area contributed by atoms with Gasteiger partial charge < -0.3 is 9.73 Å². The van der Waals surface area contributed by atoms with Crippen LogP contribution in [0.4, 0.5) is 5.69 Å². The van der Waals surface area contributed by atoms with E-state index in [0.29, 0.717) is 5.76 Å². The van der Waals surface area contributed by atoms with Crippen LogP contribution >= 0.6 is 0 Å². The van der Waals surface area contributed by atoms with Crippen LogP contribution in [-0.2, 0) is 14.4 Å². The fourth-order valence-electron chi connectivity index (χ4n) is 2.25. The van der Waals surface area contributed by atoms with Gasteiger partial charge in [0.15, 0.2) is 0 Å². The lowest BCUT2D eigenvalue weighted by Gasteiger charge is -2.09. The van der Waals surface area contributed by atoms with Crippen LogP contribution in [0, 0.1) is 20.8 Å². The summed E-state index contributed by atoms with van der Waals surface area (Å²) >= 11 is 0. The van der Waals surface area contributed by atoms with Crippen molar-refractivity contribution in [3.63, 3.8) is 0 Å². The van der Waals surface area contributed by atoms with Gasteiger partial charge in [0.25, 0.3) is 5.91 Å². The Bertz CT molecular complexity index is 868. The van der Waals surface area contributed by atoms with E-state index in [4.69, 9.17) is 4.42 Å². The van der Waals surface area contributed by atoms with E-state index in [1.807, 2.05) is 32.0 Å². The van der Waals surface area contributed by atoms with Crippen LogP contribution < -0.4 is 16.2 Å². The van der Waals surface area contributed by atoms with Crippen LogP contribution in [0.1, 0.15) is 35.5 Å². The lowest BCUT2D eigenvalue weighted by Crippen LogP contribution is -2.41. The van der Waals surface area contributed by atoms with Crippen LogP contribution in [0.2, 0.25) is 0 Å². The maximum Gasteiger partial charge on any atom is 0.262 e. The van der Waals surface area contributed by atoms with Crippen molar-refractivity contribution >= 4 is 29.5 Å². The average molecular weight is 369 g/mol. The number of benzene rings is 1. The van der Waals surface area contributed by atoms with E-state index < -0.39 is 11.8 Å². The molecule has 0 radical (unpaired) electrons. The highest BCUT2D eigenvalue weighted by Gasteiger charge is 2.09. The molecule has 1 aromatic carbocycles. The Labute approximate surface area is 157 Å². The summed E-state index contributed by atoms with van der Waals surface area (Å²) in [5.41, 5.74) is 7.23. The van der Waals surface area contributed by atoms with E-state index in [2.05, 4.69) is 16.2 Å². The molecule has 2 rings (SSSR count). The first-order chi connectivity index (χ1) is 12.8. The Morgan fingerprint density at radius 2 is 1.70 bits per heavy atom. The smallest absolute Gasteiger partial charge is 0.262 e. The molecule has 7 heteroatoms. The minimum absolute atomic E-state index is 0.0105. The highest BCUT2D eigenvalue weighted by molar-refractivity contribution is 5.95. The second-order valence-electron chi connectivity index (χ2n) is 6.19. The highest BCUT2D eigenvalue weighted by atomic mass is 16.3. The molecule has 0 atom stereocenters. The summed E-state index contributed by atoms with van der Waals surface area (Å²) in [7, 11) is 0. The van der Waals surface area contributed by atoms with E-state index in [0.717, 1.165) is 22.6 Å². The summed E-state index contributed by atoms with van der Waals surface area (Å²) in [6, 6.07) is 9.27. The first-order valence-corrected chi connectivity index (χ1v) is 8.54. The van der Waals surface area contributed by atoms with E-state index in [1.54, 1.807) is 19.1 Å². The van der Waals surface area contributed by atoms with E-state index in [1.165, 1.54) is 12.2 Å². The van der Waals surface area contributed by atoms with Gasteiger partial charge in [0.05, 0.1) is 0 Å². The van der Waals surface area contributed by atoms with Crippen LogP contribution in [0.25, 0.3) is 6.08 Å². The molecule has 0 aliphatic carbocycles. The number of amides is 3. The van der Waals surface area contributed by atoms with Crippen LogP contribution in [0.15, 0.2) is 40.8 Å².